The molecule has 0 spiro atoms. The summed E-state index contributed by atoms with van der Waals surface area (Å²) in [4.78, 5) is 24.8. The molecule has 3 aromatic carbocycles. The summed E-state index contributed by atoms with van der Waals surface area (Å²) in [5, 5.41) is 2.99. The second-order valence-electron chi connectivity index (χ2n) is 6.89. The molecule has 0 fully saturated rings. The highest BCUT2D eigenvalue weighted by Crippen LogP contribution is 2.25. The number of anilines is 2. The highest BCUT2D eigenvalue weighted by atomic mass is 35.5. The number of esters is 1. The predicted octanol–water partition coefficient (Wildman–Crippen LogP) is 4.27. The Morgan fingerprint density at radius 2 is 1.59 bits per heavy atom. The normalized spacial score (nSPS) is 11.0. The number of ether oxygens (including phenoxy) is 1. The number of carbonyl (C=O) groups excluding carboxylic acids is 2. The first-order valence-electron chi connectivity index (χ1n) is 9.54. The van der Waals surface area contributed by atoms with Gasteiger partial charge in [0.25, 0.3) is 10.0 Å². The Balaban J connectivity index is 1.95. The summed E-state index contributed by atoms with van der Waals surface area (Å²) in [6.45, 7) is 1.36. The van der Waals surface area contributed by atoms with Gasteiger partial charge in [0.2, 0.25) is 5.91 Å². The molecule has 0 saturated heterocycles. The molecule has 0 aromatic heterocycles. The lowest BCUT2D eigenvalue weighted by Crippen LogP contribution is -2.38. The summed E-state index contributed by atoms with van der Waals surface area (Å²) >= 11 is 5.89. The maximum Gasteiger partial charge on any atom is 0.339 e. The molecular weight excluding hydrogens is 452 g/mol. The second-order valence-corrected chi connectivity index (χ2v) is 9.19. The molecule has 32 heavy (non-hydrogen) atoms. The fraction of sp³-hybridized carbons (Fsp3) is 0.130. The van der Waals surface area contributed by atoms with Crippen LogP contribution in [0.4, 0.5) is 11.4 Å². The summed E-state index contributed by atoms with van der Waals surface area (Å²) in [5.74, 6) is -1.25. The van der Waals surface area contributed by atoms with Crippen LogP contribution in [0.2, 0.25) is 5.02 Å². The molecule has 3 aromatic rings. The van der Waals surface area contributed by atoms with Gasteiger partial charge in [-0.25, -0.2) is 13.2 Å². The number of nitrogens with one attached hydrogen (secondary N) is 1. The smallest absolute Gasteiger partial charge is 0.339 e. The third kappa shape index (κ3) is 5.27. The number of amides is 1. The number of halogens is 1. The third-order valence-electron chi connectivity index (χ3n) is 4.62. The van der Waals surface area contributed by atoms with Crippen molar-refractivity contribution in [2.24, 2.45) is 0 Å². The Labute approximate surface area is 191 Å². The number of benzene rings is 3. The summed E-state index contributed by atoms with van der Waals surface area (Å²) in [6, 6.07) is 18.8. The minimum absolute atomic E-state index is 0.00904. The number of hydrogen-bond acceptors (Lipinski definition) is 5. The molecule has 7 nitrogen and oxygen atoms in total. The van der Waals surface area contributed by atoms with Gasteiger partial charge in [-0.3, -0.25) is 9.10 Å². The lowest BCUT2D eigenvalue weighted by atomic mass is 10.2. The first-order valence-corrected chi connectivity index (χ1v) is 11.4. The van der Waals surface area contributed by atoms with Crippen LogP contribution in [0, 0.1) is 6.92 Å². The number of carbonyl (C=O) groups is 2. The lowest BCUT2D eigenvalue weighted by Gasteiger charge is -2.24. The van der Waals surface area contributed by atoms with Crippen molar-refractivity contribution in [1.82, 2.24) is 0 Å². The minimum Gasteiger partial charge on any atom is -0.465 e. The standard InChI is InChI=1S/C23H21ClN2O5S/c1-16-7-11-18(12-8-16)26(32(29,30)19-13-9-17(24)10-14-19)15-22(27)25-21-6-4-3-5-20(21)23(28)31-2/h3-14H,15H2,1-2H3,(H,25,27). The van der Waals surface area contributed by atoms with Gasteiger partial charge < -0.3 is 10.1 Å². The topological polar surface area (TPSA) is 92.8 Å². The highest BCUT2D eigenvalue weighted by molar-refractivity contribution is 7.92. The van der Waals surface area contributed by atoms with Crippen molar-refractivity contribution in [2.45, 2.75) is 11.8 Å². The minimum atomic E-state index is -4.08. The third-order valence-corrected chi connectivity index (χ3v) is 6.66. The van der Waals surface area contributed by atoms with Crippen LogP contribution in [0.15, 0.2) is 77.7 Å². The molecule has 166 valence electrons. The van der Waals surface area contributed by atoms with Gasteiger partial charge in [-0.1, -0.05) is 41.4 Å². The van der Waals surface area contributed by atoms with Crippen molar-refractivity contribution in [1.29, 1.82) is 0 Å². The van der Waals surface area contributed by atoms with E-state index in [4.69, 9.17) is 16.3 Å². The van der Waals surface area contributed by atoms with E-state index in [1.807, 2.05) is 6.92 Å². The zero-order valence-corrected chi connectivity index (χ0v) is 19.0. The van der Waals surface area contributed by atoms with Crippen molar-refractivity contribution < 1.29 is 22.7 Å². The molecule has 0 aliphatic heterocycles. The molecule has 0 heterocycles. The van der Waals surface area contributed by atoms with Gasteiger partial charge in [0.05, 0.1) is 28.9 Å². The maximum atomic E-state index is 13.4. The molecule has 0 unspecified atom stereocenters. The number of para-hydroxylation sites is 1. The zero-order valence-electron chi connectivity index (χ0n) is 17.4. The van der Waals surface area contributed by atoms with Crippen molar-refractivity contribution in [2.75, 3.05) is 23.3 Å². The fourth-order valence-corrected chi connectivity index (χ4v) is 4.51. The Morgan fingerprint density at radius 3 is 2.22 bits per heavy atom. The van der Waals surface area contributed by atoms with E-state index in [1.54, 1.807) is 36.4 Å². The van der Waals surface area contributed by atoms with E-state index < -0.39 is 28.4 Å². The van der Waals surface area contributed by atoms with Crippen LogP contribution in [0.3, 0.4) is 0 Å². The predicted molar refractivity (Wildman–Crippen MR) is 124 cm³/mol. The summed E-state index contributed by atoms with van der Waals surface area (Å²) in [7, 11) is -2.85. The van der Waals surface area contributed by atoms with Crippen LogP contribution < -0.4 is 9.62 Å². The van der Waals surface area contributed by atoms with E-state index in [-0.39, 0.29) is 16.1 Å². The van der Waals surface area contributed by atoms with Gasteiger partial charge in [-0.15, -0.1) is 0 Å². The Kier molecular flexibility index (Phi) is 7.17. The molecular formula is C23H21ClN2O5S. The first kappa shape index (κ1) is 23.3. The van der Waals surface area contributed by atoms with Gasteiger partial charge >= 0.3 is 5.97 Å². The van der Waals surface area contributed by atoms with Crippen LogP contribution in [-0.2, 0) is 19.6 Å². The van der Waals surface area contributed by atoms with Crippen molar-refractivity contribution >= 4 is 44.9 Å². The molecule has 1 N–H and O–H groups in total. The average Bonchev–Trinajstić information content (AvgIpc) is 2.78. The molecule has 0 aliphatic rings. The maximum absolute atomic E-state index is 13.4. The van der Waals surface area contributed by atoms with E-state index >= 15 is 0 Å². The van der Waals surface area contributed by atoms with Crippen LogP contribution in [0.5, 0.6) is 0 Å². The molecule has 3 rings (SSSR count). The van der Waals surface area contributed by atoms with Crippen LogP contribution in [0.1, 0.15) is 15.9 Å². The average molecular weight is 473 g/mol. The second kappa shape index (κ2) is 9.84. The Bertz CT molecular complexity index is 1230. The SMILES string of the molecule is COC(=O)c1ccccc1NC(=O)CN(c1ccc(C)cc1)S(=O)(=O)c1ccc(Cl)cc1. The molecule has 9 heteroatoms. The molecule has 1 amide bonds. The van der Waals surface area contributed by atoms with Gasteiger partial charge in [0, 0.05) is 5.02 Å². The number of hydrogen-bond donors (Lipinski definition) is 1. The molecule has 0 saturated carbocycles. The Morgan fingerprint density at radius 1 is 0.969 bits per heavy atom. The number of methoxy groups -OCH3 is 1. The summed E-state index contributed by atoms with van der Waals surface area (Å²) in [5.41, 5.74) is 1.64. The van der Waals surface area contributed by atoms with Crippen LogP contribution >= 0.6 is 11.6 Å². The van der Waals surface area contributed by atoms with E-state index in [0.717, 1.165) is 9.87 Å². The van der Waals surface area contributed by atoms with Crippen LogP contribution in [-0.4, -0.2) is 33.9 Å². The van der Waals surface area contributed by atoms with E-state index in [1.165, 1.54) is 43.5 Å². The molecule has 0 bridgehead atoms. The molecule has 0 aliphatic carbocycles. The van der Waals surface area contributed by atoms with Gasteiger partial charge in [0.1, 0.15) is 6.54 Å². The van der Waals surface area contributed by atoms with Gasteiger partial charge in [-0.2, -0.15) is 0 Å². The van der Waals surface area contributed by atoms with Gasteiger partial charge in [-0.05, 0) is 55.5 Å². The Hall–Kier alpha value is -3.36. The van der Waals surface area contributed by atoms with E-state index in [2.05, 4.69) is 5.32 Å². The molecule has 0 radical (unpaired) electrons. The fourth-order valence-electron chi connectivity index (χ4n) is 2.96. The number of rotatable bonds is 7. The highest BCUT2D eigenvalue weighted by Gasteiger charge is 2.27. The number of aryl methyl sites for hydroxylation is 1. The van der Waals surface area contributed by atoms with Crippen molar-refractivity contribution in [3.63, 3.8) is 0 Å². The number of nitrogens with zero attached hydrogens (tertiary/aromatic N) is 1. The van der Waals surface area contributed by atoms with Gasteiger partial charge in [0.15, 0.2) is 0 Å². The molecule has 0 atom stereocenters. The van der Waals surface area contributed by atoms with Crippen LogP contribution in [0.25, 0.3) is 0 Å². The monoisotopic (exact) mass is 472 g/mol. The quantitative estimate of drug-likeness (QED) is 0.518. The lowest BCUT2D eigenvalue weighted by molar-refractivity contribution is -0.114. The summed E-state index contributed by atoms with van der Waals surface area (Å²) < 4.78 is 32.5. The van der Waals surface area contributed by atoms with Crippen molar-refractivity contribution in [3.8, 4) is 0 Å². The first-order chi connectivity index (χ1) is 15.2. The van der Waals surface area contributed by atoms with Crippen molar-refractivity contribution in [3.05, 3.63) is 88.9 Å². The number of sulfonamides is 1. The zero-order chi connectivity index (χ0) is 23.3. The van der Waals surface area contributed by atoms with E-state index in [9.17, 15) is 18.0 Å². The van der Waals surface area contributed by atoms with E-state index in [0.29, 0.717) is 10.7 Å². The summed E-state index contributed by atoms with van der Waals surface area (Å²) in [6.07, 6.45) is 0. The largest absolute Gasteiger partial charge is 0.465 e.